The van der Waals surface area contributed by atoms with Gasteiger partial charge in [-0.05, 0) is 25.3 Å². The van der Waals surface area contributed by atoms with Crippen molar-refractivity contribution >= 4 is 23.4 Å². The zero-order valence-corrected chi connectivity index (χ0v) is 10.5. The number of benzene rings is 1. The van der Waals surface area contributed by atoms with Crippen LogP contribution in [0.3, 0.4) is 0 Å². The SMILES string of the molecule is CSc1ccccc1NC(=O)c1cn[nH]c1C. The van der Waals surface area contributed by atoms with Gasteiger partial charge in [0.15, 0.2) is 0 Å². The second-order valence-corrected chi connectivity index (χ2v) is 4.41. The largest absolute Gasteiger partial charge is 0.321 e. The van der Waals surface area contributed by atoms with E-state index in [2.05, 4.69) is 15.5 Å². The van der Waals surface area contributed by atoms with Crippen LogP contribution in [-0.4, -0.2) is 22.4 Å². The lowest BCUT2D eigenvalue weighted by atomic mass is 10.2. The zero-order valence-electron chi connectivity index (χ0n) is 9.65. The molecule has 0 spiro atoms. The molecule has 1 amide bonds. The Labute approximate surface area is 104 Å². The average Bonchev–Trinajstić information content (AvgIpc) is 2.76. The molecule has 17 heavy (non-hydrogen) atoms. The highest BCUT2D eigenvalue weighted by molar-refractivity contribution is 7.98. The van der Waals surface area contributed by atoms with Crippen LogP contribution in [0.5, 0.6) is 0 Å². The number of carbonyl (C=O) groups excluding carboxylic acids is 1. The molecule has 1 aromatic heterocycles. The van der Waals surface area contributed by atoms with E-state index in [4.69, 9.17) is 0 Å². The first-order valence-electron chi connectivity index (χ1n) is 5.16. The molecule has 0 saturated heterocycles. The fraction of sp³-hybridized carbons (Fsp3) is 0.167. The summed E-state index contributed by atoms with van der Waals surface area (Å²) in [5, 5.41) is 9.47. The number of aromatic amines is 1. The summed E-state index contributed by atoms with van der Waals surface area (Å²) in [6.45, 7) is 1.82. The summed E-state index contributed by atoms with van der Waals surface area (Å²) in [5.74, 6) is -0.141. The molecular weight excluding hydrogens is 234 g/mol. The number of hydrogen-bond donors (Lipinski definition) is 2. The normalized spacial score (nSPS) is 10.2. The highest BCUT2D eigenvalue weighted by Gasteiger charge is 2.12. The predicted molar refractivity (Wildman–Crippen MR) is 69.5 cm³/mol. The first-order valence-corrected chi connectivity index (χ1v) is 6.39. The number of nitrogens with one attached hydrogen (secondary N) is 2. The van der Waals surface area contributed by atoms with Gasteiger partial charge in [0.05, 0.1) is 17.4 Å². The van der Waals surface area contributed by atoms with Crippen molar-refractivity contribution in [1.82, 2.24) is 10.2 Å². The Morgan fingerprint density at radius 3 is 2.82 bits per heavy atom. The molecule has 0 aliphatic rings. The average molecular weight is 247 g/mol. The van der Waals surface area contributed by atoms with Gasteiger partial charge in [0, 0.05) is 10.6 Å². The maximum Gasteiger partial charge on any atom is 0.259 e. The van der Waals surface area contributed by atoms with Crippen molar-refractivity contribution in [3.63, 3.8) is 0 Å². The molecule has 0 fully saturated rings. The van der Waals surface area contributed by atoms with Gasteiger partial charge in [-0.3, -0.25) is 9.89 Å². The topological polar surface area (TPSA) is 57.8 Å². The van der Waals surface area contributed by atoms with E-state index in [1.807, 2.05) is 37.4 Å². The number of amides is 1. The van der Waals surface area contributed by atoms with Crippen LogP contribution < -0.4 is 5.32 Å². The maximum atomic E-state index is 12.0. The van der Waals surface area contributed by atoms with Crippen LogP contribution in [-0.2, 0) is 0 Å². The minimum atomic E-state index is -0.141. The van der Waals surface area contributed by atoms with E-state index in [0.717, 1.165) is 16.3 Å². The second kappa shape index (κ2) is 5.05. The van der Waals surface area contributed by atoms with E-state index >= 15 is 0 Å². The van der Waals surface area contributed by atoms with Gasteiger partial charge in [-0.2, -0.15) is 5.10 Å². The molecule has 0 bridgehead atoms. The minimum absolute atomic E-state index is 0.141. The minimum Gasteiger partial charge on any atom is -0.321 e. The molecule has 0 aliphatic carbocycles. The number of hydrogen-bond acceptors (Lipinski definition) is 3. The molecule has 1 aromatic carbocycles. The van der Waals surface area contributed by atoms with E-state index in [0.29, 0.717) is 5.56 Å². The highest BCUT2D eigenvalue weighted by Crippen LogP contribution is 2.25. The van der Waals surface area contributed by atoms with Crippen molar-refractivity contribution in [2.24, 2.45) is 0 Å². The van der Waals surface area contributed by atoms with Crippen LogP contribution in [0.15, 0.2) is 35.4 Å². The van der Waals surface area contributed by atoms with Crippen molar-refractivity contribution in [3.8, 4) is 0 Å². The Balaban J connectivity index is 2.22. The van der Waals surface area contributed by atoms with Gasteiger partial charge in [0.25, 0.3) is 5.91 Å². The quantitative estimate of drug-likeness (QED) is 0.820. The van der Waals surface area contributed by atoms with E-state index < -0.39 is 0 Å². The fourth-order valence-corrected chi connectivity index (χ4v) is 2.07. The molecular formula is C12H13N3OS. The van der Waals surface area contributed by atoms with E-state index in [9.17, 15) is 4.79 Å². The number of aromatic nitrogens is 2. The lowest BCUT2D eigenvalue weighted by molar-refractivity contribution is 0.102. The Morgan fingerprint density at radius 1 is 1.41 bits per heavy atom. The molecule has 0 atom stereocenters. The summed E-state index contributed by atoms with van der Waals surface area (Å²) in [6.07, 6.45) is 3.51. The summed E-state index contributed by atoms with van der Waals surface area (Å²) >= 11 is 1.60. The first-order chi connectivity index (χ1) is 8.22. The Bertz CT molecular complexity index is 536. The summed E-state index contributed by atoms with van der Waals surface area (Å²) < 4.78 is 0. The van der Waals surface area contributed by atoms with Crippen LogP contribution in [0.1, 0.15) is 16.1 Å². The Morgan fingerprint density at radius 2 is 2.18 bits per heavy atom. The van der Waals surface area contributed by atoms with Gasteiger partial charge in [-0.1, -0.05) is 12.1 Å². The zero-order chi connectivity index (χ0) is 12.3. The lowest BCUT2D eigenvalue weighted by Crippen LogP contribution is -2.12. The van der Waals surface area contributed by atoms with Crippen LogP contribution in [0.4, 0.5) is 5.69 Å². The second-order valence-electron chi connectivity index (χ2n) is 3.56. The Hall–Kier alpha value is -1.75. The number of aryl methyl sites for hydroxylation is 1. The van der Waals surface area contributed by atoms with Crippen molar-refractivity contribution in [2.45, 2.75) is 11.8 Å². The van der Waals surface area contributed by atoms with Crippen LogP contribution in [0.25, 0.3) is 0 Å². The van der Waals surface area contributed by atoms with E-state index in [1.54, 1.807) is 11.8 Å². The third-order valence-corrected chi connectivity index (χ3v) is 3.23. The molecule has 4 nitrogen and oxygen atoms in total. The molecule has 0 aliphatic heterocycles. The number of H-pyrrole nitrogens is 1. The molecule has 0 saturated carbocycles. The third kappa shape index (κ3) is 2.50. The van der Waals surface area contributed by atoms with Gasteiger partial charge in [-0.15, -0.1) is 11.8 Å². The number of rotatable bonds is 3. The first kappa shape index (κ1) is 11.7. The van der Waals surface area contributed by atoms with E-state index in [-0.39, 0.29) is 5.91 Å². The van der Waals surface area contributed by atoms with Gasteiger partial charge in [0.2, 0.25) is 0 Å². The number of nitrogens with zero attached hydrogens (tertiary/aromatic N) is 1. The molecule has 5 heteroatoms. The summed E-state index contributed by atoms with van der Waals surface area (Å²) in [5.41, 5.74) is 2.16. The molecule has 2 aromatic rings. The molecule has 2 N–H and O–H groups in total. The van der Waals surface area contributed by atoms with Gasteiger partial charge in [0.1, 0.15) is 0 Å². The van der Waals surface area contributed by atoms with Crippen LogP contribution in [0.2, 0.25) is 0 Å². The van der Waals surface area contributed by atoms with E-state index in [1.165, 1.54) is 6.20 Å². The number of para-hydroxylation sites is 1. The van der Waals surface area contributed by atoms with Gasteiger partial charge >= 0.3 is 0 Å². The van der Waals surface area contributed by atoms with Gasteiger partial charge < -0.3 is 5.32 Å². The predicted octanol–water partition coefficient (Wildman–Crippen LogP) is 2.69. The third-order valence-electron chi connectivity index (χ3n) is 2.43. The number of carbonyl (C=O) groups is 1. The summed E-state index contributed by atoms with van der Waals surface area (Å²) in [7, 11) is 0. The smallest absolute Gasteiger partial charge is 0.259 e. The monoisotopic (exact) mass is 247 g/mol. The maximum absolute atomic E-state index is 12.0. The van der Waals surface area contributed by atoms with Crippen molar-refractivity contribution in [3.05, 3.63) is 41.7 Å². The Kier molecular flexibility index (Phi) is 3.49. The summed E-state index contributed by atoms with van der Waals surface area (Å²) in [4.78, 5) is 13.0. The fourth-order valence-electron chi connectivity index (χ4n) is 1.52. The number of anilines is 1. The van der Waals surface area contributed by atoms with Crippen LogP contribution >= 0.6 is 11.8 Å². The van der Waals surface area contributed by atoms with Crippen molar-refractivity contribution < 1.29 is 4.79 Å². The van der Waals surface area contributed by atoms with Gasteiger partial charge in [-0.25, -0.2) is 0 Å². The number of thioether (sulfide) groups is 1. The molecule has 0 radical (unpaired) electrons. The lowest BCUT2D eigenvalue weighted by Gasteiger charge is -2.08. The molecule has 1 heterocycles. The summed E-state index contributed by atoms with van der Waals surface area (Å²) in [6, 6.07) is 7.71. The van der Waals surface area contributed by atoms with Crippen molar-refractivity contribution in [1.29, 1.82) is 0 Å². The molecule has 2 rings (SSSR count). The van der Waals surface area contributed by atoms with Crippen LogP contribution in [0, 0.1) is 6.92 Å². The molecule has 88 valence electrons. The molecule has 0 unspecified atom stereocenters. The highest BCUT2D eigenvalue weighted by atomic mass is 32.2. The van der Waals surface area contributed by atoms with Crippen molar-refractivity contribution in [2.75, 3.05) is 11.6 Å². The standard InChI is InChI=1S/C12H13N3OS/c1-8-9(7-13-15-8)12(16)14-10-5-3-4-6-11(10)17-2/h3-7H,1-2H3,(H,13,15)(H,14,16).